The lowest BCUT2D eigenvalue weighted by Gasteiger charge is -2.17. The van der Waals surface area contributed by atoms with Crippen molar-refractivity contribution in [3.8, 4) is 11.8 Å². The van der Waals surface area contributed by atoms with Gasteiger partial charge in [0, 0.05) is 21.8 Å². The number of hydrogen-bond donors (Lipinski definition) is 0. The molecule has 0 amide bonds. The number of ether oxygens (including phenoxy) is 1. The number of thioether (sulfide) groups is 1. The smallest absolute Gasteiger partial charge is 0.191 e. The number of halogens is 1. The molecule has 0 unspecified atom stereocenters. The Morgan fingerprint density at radius 1 is 1.26 bits per heavy atom. The fourth-order valence-corrected chi connectivity index (χ4v) is 3.28. The van der Waals surface area contributed by atoms with Crippen molar-refractivity contribution in [1.82, 2.24) is 0 Å². The first-order valence-corrected chi connectivity index (χ1v) is 7.93. The third kappa shape index (κ3) is 3.43. The van der Waals surface area contributed by atoms with Gasteiger partial charge in [0.25, 0.3) is 0 Å². The van der Waals surface area contributed by atoms with E-state index in [4.69, 9.17) is 10.00 Å². The number of carbonyl (C=O) groups is 1. The van der Waals surface area contributed by atoms with Gasteiger partial charge in [0.15, 0.2) is 12.4 Å². The second kappa shape index (κ2) is 6.67. The number of benzene rings is 2. The van der Waals surface area contributed by atoms with E-state index in [9.17, 15) is 9.18 Å². The van der Waals surface area contributed by atoms with Gasteiger partial charge in [-0.05, 0) is 42.0 Å². The molecule has 0 spiro atoms. The van der Waals surface area contributed by atoms with Gasteiger partial charge in [-0.3, -0.25) is 4.79 Å². The number of nitrogens with zero attached hydrogens (tertiary/aromatic N) is 1. The first-order valence-electron chi connectivity index (χ1n) is 6.95. The quantitative estimate of drug-likeness (QED) is 0.797. The molecule has 3 nitrogen and oxygen atoms in total. The van der Waals surface area contributed by atoms with E-state index < -0.39 is 5.82 Å². The Morgan fingerprint density at radius 2 is 2.04 bits per heavy atom. The van der Waals surface area contributed by atoms with Crippen LogP contribution in [0.15, 0.2) is 52.9 Å². The number of Topliss-reactive ketones (excluding diaryl/α,β-unsaturated/α-hetero) is 1. The van der Waals surface area contributed by atoms with Crippen LogP contribution >= 0.6 is 11.8 Å². The number of ketones is 1. The summed E-state index contributed by atoms with van der Waals surface area (Å²) in [5, 5.41) is 8.48. The SMILES string of the molecule is N#CCOc1ccc(/C=C2\CSc3ccc(F)cc3C2=O)cc1. The van der Waals surface area contributed by atoms with Gasteiger partial charge in [0.1, 0.15) is 17.6 Å². The molecule has 0 fully saturated rings. The minimum atomic E-state index is -0.405. The largest absolute Gasteiger partial charge is 0.479 e. The first kappa shape index (κ1) is 15.3. The number of nitriles is 1. The lowest BCUT2D eigenvalue weighted by atomic mass is 10.0. The van der Waals surface area contributed by atoms with E-state index in [-0.39, 0.29) is 12.4 Å². The Morgan fingerprint density at radius 3 is 2.78 bits per heavy atom. The molecule has 1 aliphatic heterocycles. The summed E-state index contributed by atoms with van der Waals surface area (Å²) >= 11 is 1.53. The van der Waals surface area contributed by atoms with Crippen LogP contribution in [0.5, 0.6) is 5.75 Å². The van der Waals surface area contributed by atoms with Crippen LogP contribution in [-0.2, 0) is 0 Å². The number of rotatable bonds is 3. The van der Waals surface area contributed by atoms with Crippen LogP contribution in [0, 0.1) is 17.1 Å². The maximum Gasteiger partial charge on any atom is 0.191 e. The van der Waals surface area contributed by atoms with Crippen LogP contribution in [0.2, 0.25) is 0 Å². The van der Waals surface area contributed by atoms with E-state index in [0.29, 0.717) is 22.6 Å². The number of fused-ring (bicyclic) bond motifs is 1. The third-order valence-electron chi connectivity index (χ3n) is 3.39. The van der Waals surface area contributed by atoms with Gasteiger partial charge in [-0.1, -0.05) is 12.1 Å². The Hall–Kier alpha value is -2.58. The maximum atomic E-state index is 13.4. The lowest BCUT2D eigenvalue weighted by molar-refractivity contribution is 0.103. The fraction of sp³-hybridized carbons (Fsp3) is 0.111. The summed E-state index contributed by atoms with van der Waals surface area (Å²) in [6.07, 6.45) is 1.80. The maximum absolute atomic E-state index is 13.4. The van der Waals surface area contributed by atoms with E-state index in [0.717, 1.165) is 10.5 Å². The van der Waals surface area contributed by atoms with Gasteiger partial charge in [0.2, 0.25) is 0 Å². The van der Waals surface area contributed by atoms with Crippen molar-refractivity contribution in [3.05, 3.63) is 65.0 Å². The Labute approximate surface area is 137 Å². The Kier molecular flexibility index (Phi) is 4.45. The first-order chi connectivity index (χ1) is 11.2. The second-order valence-corrected chi connectivity index (χ2v) is 5.96. The van der Waals surface area contributed by atoms with Crippen LogP contribution in [-0.4, -0.2) is 18.1 Å². The second-order valence-electron chi connectivity index (χ2n) is 4.94. The van der Waals surface area contributed by atoms with Crippen molar-refractivity contribution in [3.63, 3.8) is 0 Å². The molecule has 114 valence electrons. The lowest BCUT2D eigenvalue weighted by Crippen LogP contribution is -2.12. The summed E-state index contributed by atoms with van der Waals surface area (Å²) in [4.78, 5) is 13.3. The molecule has 0 bridgehead atoms. The van der Waals surface area contributed by atoms with E-state index in [1.165, 1.54) is 23.9 Å². The molecule has 5 heteroatoms. The summed E-state index contributed by atoms with van der Waals surface area (Å²) in [7, 11) is 0. The molecule has 0 N–H and O–H groups in total. The average molecular weight is 325 g/mol. The summed E-state index contributed by atoms with van der Waals surface area (Å²) in [5.74, 6) is 0.621. The van der Waals surface area contributed by atoms with Crippen LogP contribution in [0.3, 0.4) is 0 Å². The minimum absolute atomic E-state index is 0.00207. The molecule has 1 aliphatic rings. The molecule has 23 heavy (non-hydrogen) atoms. The van der Waals surface area contributed by atoms with Crippen molar-refractivity contribution >= 4 is 23.6 Å². The summed E-state index contributed by atoms with van der Waals surface area (Å²) in [6, 6.07) is 13.3. The normalized spacial score (nSPS) is 15.1. The van der Waals surface area contributed by atoms with Gasteiger partial charge in [-0.25, -0.2) is 4.39 Å². The molecule has 0 atom stereocenters. The molecule has 0 radical (unpaired) electrons. The molecule has 0 saturated carbocycles. The predicted octanol–water partition coefficient (Wildman–Crippen LogP) is 4.10. The van der Waals surface area contributed by atoms with Crippen molar-refractivity contribution in [1.29, 1.82) is 5.26 Å². The fourth-order valence-electron chi connectivity index (χ4n) is 2.28. The van der Waals surface area contributed by atoms with Gasteiger partial charge in [-0.2, -0.15) is 5.26 Å². The van der Waals surface area contributed by atoms with Crippen molar-refractivity contribution in [2.24, 2.45) is 0 Å². The molecule has 2 aromatic rings. The van der Waals surface area contributed by atoms with E-state index >= 15 is 0 Å². The monoisotopic (exact) mass is 325 g/mol. The van der Waals surface area contributed by atoms with Crippen LogP contribution in [0.4, 0.5) is 4.39 Å². The van der Waals surface area contributed by atoms with E-state index in [1.807, 2.05) is 18.2 Å². The highest BCUT2D eigenvalue weighted by molar-refractivity contribution is 7.99. The zero-order valence-corrected chi connectivity index (χ0v) is 12.9. The third-order valence-corrected chi connectivity index (χ3v) is 4.51. The summed E-state index contributed by atoms with van der Waals surface area (Å²) in [5.41, 5.74) is 1.92. The topological polar surface area (TPSA) is 50.1 Å². The molecule has 0 aromatic heterocycles. The standard InChI is InChI=1S/C18H12FNO2S/c19-14-3-6-17-16(10-14)18(21)13(11-23-17)9-12-1-4-15(5-2-12)22-8-7-20/h1-6,9-10H,8,11H2/b13-9+. The highest BCUT2D eigenvalue weighted by atomic mass is 32.2. The van der Waals surface area contributed by atoms with E-state index in [2.05, 4.69) is 0 Å². The molecule has 0 saturated heterocycles. The zero-order chi connectivity index (χ0) is 16.2. The molecule has 0 aliphatic carbocycles. The Bertz CT molecular complexity index is 822. The molecule has 1 heterocycles. The highest BCUT2D eigenvalue weighted by Crippen LogP contribution is 2.33. The van der Waals surface area contributed by atoms with Gasteiger partial charge in [-0.15, -0.1) is 11.8 Å². The molecule has 3 rings (SSSR count). The number of hydrogen-bond acceptors (Lipinski definition) is 4. The predicted molar refractivity (Wildman–Crippen MR) is 87.0 cm³/mol. The summed E-state index contributed by atoms with van der Waals surface area (Å²) < 4.78 is 18.5. The van der Waals surface area contributed by atoms with Crippen LogP contribution < -0.4 is 4.74 Å². The highest BCUT2D eigenvalue weighted by Gasteiger charge is 2.22. The van der Waals surface area contributed by atoms with Crippen LogP contribution in [0.1, 0.15) is 15.9 Å². The van der Waals surface area contributed by atoms with Gasteiger partial charge in [0.05, 0.1) is 0 Å². The molecular weight excluding hydrogens is 313 g/mol. The van der Waals surface area contributed by atoms with Crippen molar-refractivity contribution in [2.45, 2.75) is 4.90 Å². The van der Waals surface area contributed by atoms with Crippen LogP contribution in [0.25, 0.3) is 6.08 Å². The minimum Gasteiger partial charge on any atom is -0.479 e. The zero-order valence-electron chi connectivity index (χ0n) is 12.1. The van der Waals surface area contributed by atoms with Gasteiger partial charge >= 0.3 is 0 Å². The Balaban J connectivity index is 1.83. The average Bonchev–Trinajstić information content (AvgIpc) is 2.57. The molecular formula is C18H12FNO2S. The van der Waals surface area contributed by atoms with Crippen molar-refractivity contribution in [2.75, 3.05) is 12.4 Å². The number of carbonyl (C=O) groups excluding carboxylic acids is 1. The van der Waals surface area contributed by atoms with Crippen molar-refractivity contribution < 1.29 is 13.9 Å². The molecule has 2 aromatic carbocycles. The van der Waals surface area contributed by atoms with E-state index in [1.54, 1.807) is 24.3 Å². The summed E-state index contributed by atoms with van der Waals surface area (Å²) in [6.45, 7) is -0.00207. The van der Waals surface area contributed by atoms with Gasteiger partial charge < -0.3 is 4.74 Å².